The monoisotopic (exact) mass is 369 g/mol. The lowest BCUT2D eigenvalue weighted by Crippen LogP contribution is -2.29. The van der Waals surface area contributed by atoms with Gasteiger partial charge in [0.2, 0.25) is 0 Å². The molecule has 2 heterocycles. The first-order valence-corrected chi connectivity index (χ1v) is 9.64. The molecule has 7 heteroatoms. The molecule has 0 radical (unpaired) electrons. The lowest BCUT2D eigenvalue weighted by Gasteiger charge is -2.31. The van der Waals surface area contributed by atoms with Crippen LogP contribution in [0, 0.1) is 0 Å². The highest BCUT2D eigenvalue weighted by molar-refractivity contribution is 8.05. The number of carbonyl (C=O) groups is 1. The van der Waals surface area contributed by atoms with Crippen molar-refractivity contribution >= 4 is 41.1 Å². The maximum atomic E-state index is 11.9. The number of aromatic hydroxyl groups is 1. The molecule has 4 nitrogen and oxygen atoms in total. The van der Waals surface area contributed by atoms with Gasteiger partial charge in [-0.3, -0.25) is 0 Å². The molecular weight excluding hydrogens is 354 g/mol. The Morgan fingerprint density at radius 1 is 1.39 bits per heavy atom. The molecule has 0 spiro atoms. The van der Waals surface area contributed by atoms with Crippen molar-refractivity contribution in [1.29, 1.82) is 0 Å². The van der Waals surface area contributed by atoms with Crippen LogP contribution >= 0.6 is 35.1 Å². The third-order valence-corrected chi connectivity index (χ3v) is 6.65. The van der Waals surface area contributed by atoms with Crippen LogP contribution in [0.1, 0.15) is 18.4 Å². The van der Waals surface area contributed by atoms with Crippen molar-refractivity contribution < 1.29 is 15.0 Å². The molecule has 0 bridgehead atoms. The topological polar surface area (TPSA) is 69.6 Å². The second kappa shape index (κ2) is 6.71. The van der Waals surface area contributed by atoms with E-state index >= 15 is 0 Å². The molecule has 1 atom stereocenters. The largest absolute Gasteiger partial charge is 0.508 e. The Morgan fingerprint density at radius 2 is 2.17 bits per heavy atom. The molecule has 3 N–H and O–H groups in total. The number of hydrogen-bond acceptors (Lipinski definition) is 5. The minimum absolute atomic E-state index is 0.0281. The van der Waals surface area contributed by atoms with Crippen LogP contribution in [-0.4, -0.2) is 33.4 Å². The van der Waals surface area contributed by atoms with Gasteiger partial charge >= 0.3 is 5.97 Å². The molecule has 0 aromatic heterocycles. The molecule has 2 aliphatic heterocycles. The minimum Gasteiger partial charge on any atom is -0.508 e. The summed E-state index contributed by atoms with van der Waals surface area (Å²) in [5.41, 5.74) is 2.33. The lowest BCUT2D eigenvalue weighted by atomic mass is 9.86. The highest BCUT2D eigenvalue weighted by Crippen LogP contribution is 2.49. The lowest BCUT2D eigenvalue weighted by molar-refractivity contribution is -0.133. The van der Waals surface area contributed by atoms with Crippen LogP contribution in [0.5, 0.6) is 5.75 Å². The van der Waals surface area contributed by atoms with E-state index in [1.807, 2.05) is 11.8 Å². The number of carboxylic acids is 1. The SMILES string of the molecule is CC1=C(C(=O)O)C(c2c(O)cccc2Cl)C2=C(CSCCS2)N1. The Kier molecular flexibility index (Phi) is 4.85. The summed E-state index contributed by atoms with van der Waals surface area (Å²) in [4.78, 5) is 12.8. The summed E-state index contributed by atoms with van der Waals surface area (Å²) in [5, 5.41) is 23.7. The average molecular weight is 370 g/mol. The van der Waals surface area contributed by atoms with Crippen molar-refractivity contribution in [3.05, 3.63) is 50.7 Å². The third kappa shape index (κ3) is 3.07. The summed E-state index contributed by atoms with van der Waals surface area (Å²) in [6, 6.07) is 4.89. The highest BCUT2D eigenvalue weighted by Gasteiger charge is 2.37. The second-order valence-corrected chi connectivity index (χ2v) is 7.97. The highest BCUT2D eigenvalue weighted by atomic mass is 35.5. The maximum absolute atomic E-state index is 11.9. The number of thioether (sulfide) groups is 2. The predicted molar refractivity (Wildman–Crippen MR) is 96.1 cm³/mol. The van der Waals surface area contributed by atoms with E-state index in [4.69, 9.17) is 11.6 Å². The van der Waals surface area contributed by atoms with E-state index in [0.717, 1.165) is 27.9 Å². The number of aliphatic carboxylic acids is 1. The van der Waals surface area contributed by atoms with Crippen LogP contribution in [0.3, 0.4) is 0 Å². The first kappa shape index (κ1) is 16.6. The van der Waals surface area contributed by atoms with Gasteiger partial charge in [0.15, 0.2) is 0 Å². The van der Waals surface area contributed by atoms with E-state index in [1.165, 1.54) is 0 Å². The fraction of sp³-hybridized carbons (Fsp3) is 0.312. The van der Waals surface area contributed by atoms with E-state index < -0.39 is 11.9 Å². The Morgan fingerprint density at radius 3 is 2.87 bits per heavy atom. The number of hydrogen-bond donors (Lipinski definition) is 3. The van der Waals surface area contributed by atoms with E-state index in [0.29, 0.717) is 16.3 Å². The first-order chi connectivity index (χ1) is 11.0. The van der Waals surface area contributed by atoms with Crippen molar-refractivity contribution in [2.24, 2.45) is 0 Å². The van der Waals surface area contributed by atoms with Crippen LogP contribution in [0.15, 0.2) is 40.1 Å². The van der Waals surface area contributed by atoms with Gasteiger partial charge in [0.25, 0.3) is 0 Å². The van der Waals surface area contributed by atoms with Crippen molar-refractivity contribution in [2.45, 2.75) is 12.8 Å². The zero-order valence-electron chi connectivity index (χ0n) is 12.4. The normalized spacial score (nSPS) is 21.6. The molecule has 0 amide bonds. The summed E-state index contributed by atoms with van der Waals surface area (Å²) in [5.74, 6) is 1.19. The number of allylic oxidation sites excluding steroid dienone is 2. The van der Waals surface area contributed by atoms with Gasteiger partial charge in [0.1, 0.15) is 5.75 Å². The number of carboxylic acid groups (broad SMARTS) is 1. The number of halogens is 1. The Labute approximate surface area is 148 Å². The second-order valence-electron chi connectivity index (χ2n) is 5.32. The fourth-order valence-electron chi connectivity index (χ4n) is 2.91. The molecule has 1 aromatic carbocycles. The van der Waals surface area contributed by atoms with Crippen molar-refractivity contribution in [2.75, 3.05) is 17.3 Å². The van der Waals surface area contributed by atoms with E-state index in [2.05, 4.69) is 5.32 Å². The Balaban J connectivity index is 2.23. The summed E-state index contributed by atoms with van der Waals surface area (Å²) >= 11 is 9.77. The summed E-state index contributed by atoms with van der Waals surface area (Å²) in [6.07, 6.45) is 0. The standard InChI is InChI=1S/C16H16ClNO3S2/c1-8-12(16(20)21)14(13-9(17)3-2-4-11(13)19)15-10(18-8)7-22-5-6-23-15/h2-4,14,18-19H,5-7H2,1H3,(H,20,21). The van der Waals surface area contributed by atoms with Gasteiger partial charge in [0.05, 0.1) is 11.5 Å². The zero-order chi connectivity index (χ0) is 16.6. The molecule has 0 saturated carbocycles. The van der Waals surface area contributed by atoms with Gasteiger partial charge in [-0.25, -0.2) is 4.79 Å². The van der Waals surface area contributed by atoms with Crippen molar-refractivity contribution in [1.82, 2.24) is 5.32 Å². The minimum atomic E-state index is -0.997. The number of phenolic OH excluding ortho intramolecular Hbond substituents is 1. The van der Waals surface area contributed by atoms with E-state index in [1.54, 1.807) is 36.9 Å². The predicted octanol–water partition coefficient (Wildman–Crippen LogP) is 3.78. The molecule has 0 saturated heterocycles. The average Bonchev–Trinajstić information content (AvgIpc) is 2.71. The number of dihydropyridines is 1. The molecule has 1 unspecified atom stereocenters. The molecule has 3 rings (SSSR count). The fourth-order valence-corrected chi connectivity index (χ4v) is 5.58. The van der Waals surface area contributed by atoms with Gasteiger partial charge in [0, 0.05) is 44.1 Å². The number of benzene rings is 1. The number of phenols is 1. The zero-order valence-corrected chi connectivity index (χ0v) is 14.8. The van der Waals surface area contributed by atoms with E-state index in [-0.39, 0.29) is 11.3 Å². The first-order valence-electron chi connectivity index (χ1n) is 7.12. The van der Waals surface area contributed by atoms with Crippen LogP contribution < -0.4 is 5.32 Å². The Bertz CT molecular complexity index is 710. The summed E-state index contributed by atoms with van der Waals surface area (Å²) < 4.78 is 0. The van der Waals surface area contributed by atoms with Gasteiger partial charge in [-0.1, -0.05) is 17.7 Å². The molecule has 0 fully saturated rings. The number of nitrogens with one attached hydrogen (secondary N) is 1. The molecule has 23 heavy (non-hydrogen) atoms. The Hall–Kier alpha value is -1.24. The van der Waals surface area contributed by atoms with Crippen molar-refractivity contribution in [3.8, 4) is 5.75 Å². The molecule has 0 aliphatic carbocycles. The molecular formula is C16H16ClNO3S2. The summed E-state index contributed by atoms with van der Waals surface area (Å²) in [6.45, 7) is 1.76. The van der Waals surface area contributed by atoms with Crippen molar-refractivity contribution in [3.63, 3.8) is 0 Å². The quantitative estimate of drug-likeness (QED) is 0.737. The summed E-state index contributed by atoms with van der Waals surface area (Å²) in [7, 11) is 0. The van der Waals surface area contributed by atoms with Crippen LogP contribution in [0.25, 0.3) is 0 Å². The molecule has 1 aromatic rings. The van der Waals surface area contributed by atoms with E-state index in [9.17, 15) is 15.0 Å². The van der Waals surface area contributed by atoms with Gasteiger partial charge in [-0.05, 0) is 19.1 Å². The van der Waals surface area contributed by atoms with Gasteiger partial charge < -0.3 is 15.5 Å². The number of rotatable bonds is 2. The third-order valence-electron chi connectivity index (χ3n) is 3.87. The molecule has 122 valence electrons. The van der Waals surface area contributed by atoms with Crippen LogP contribution in [0.4, 0.5) is 0 Å². The maximum Gasteiger partial charge on any atom is 0.334 e. The van der Waals surface area contributed by atoms with Crippen LogP contribution in [-0.2, 0) is 4.79 Å². The van der Waals surface area contributed by atoms with Gasteiger partial charge in [-0.2, -0.15) is 11.8 Å². The molecule has 2 aliphatic rings. The van der Waals surface area contributed by atoms with Gasteiger partial charge in [-0.15, -0.1) is 11.8 Å². The van der Waals surface area contributed by atoms with Crippen LogP contribution in [0.2, 0.25) is 5.02 Å². The smallest absolute Gasteiger partial charge is 0.334 e.